The van der Waals surface area contributed by atoms with Gasteiger partial charge in [0.05, 0.1) is 5.56 Å². The molecule has 1 aromatic rings. The van der Waals surface area contributed by atoms with Crippen molar-refractivity contribution >= 4 is 17.6 Å². The summed E-state index contributed by atoms with van der Waals surface area (Å²) in [6.45, 7) is 0. The van der Waals surface area contributed by atoms with Crippen molar-refractivity contribution in [3.63, 3.8) is 0 Å². The third kappa shape index (κ3) is 3.62. The quantitative estimate of drug-likeness (QED) is 0.385. The number of hydrogen-bond acceptors (Lipinski definition) is 3. The van der Waals surface area contributed by atoms with E-state index >= 15 is 0 Å². The van der Waals surface area contributed by atoms with Gasteiger partial charge in [0.15, 0.2) is 5.84 Å². The molecule has 0 atom stereocenters. The molecule has 1 aliphatic rings. The van der Waals surface area contributed by atoms with Crippen LogP contribution in [0.25, 0.3) is 0 Å². The van der Waals surface area contributed by atoms with Crippen molar-refractivity contribution in [3.05, 3.63) is 35.1 Å². The first-order chi connectivity index (χ1) is 9.22. The molecular weight excluding hydrogens is 263 g/mol. The van der Waals surface area contributed by atoms with Crippen molar-refractivity contribution in [2.45, 2.75) is 43.1 Å². The van der Waals surface area contributed by atoms with Crippen LogP contribution in [0.3, 0.4) is 0 Å². The van der Waals surface area contributed by atoms with E-state index in [1.807, 2.05) is 11.8 Å². The van der Waals surface area contributed by atoms with Gasteiger partial charge in [-0.15, -0.1) is 0 Å². The van der Waals surface area contributed by atoms with Gasteiger partial charge >= 0.3 is 0 Å². The van der Waals surface area contributed by atoms with Gasteiger partial charge in [-0.2, -0.15) is 11.8 Å². The van der Waals surface area contributed by atoms with Crippen molar-refractivity contribution in [3.8, 4) is 0 Å². The molecule has 0 aromatic heterocycles. The van der Waals surface area contributed by atoms with Gasteiger partial charge in [-0.1, -0.05) is 36.6 Å². The van der Waals surface area contributed by atoms with E-state index in [0.29, 0.717) is 16.6 Å². The van der Waals surface area contributed by atoms with Crippen LogP contribution in [-0.2, 0) is 5.75 Å². The molecule has 0 amide bonds. The Kier molecular flexibility index (Phi) is 5.07. The molecule has 1 fully saturated rings. The highest BCUT2D eigenvalue weighted by molar-refractivity contribution is 7.99. The van der Waals surface area contributed by atoms with Gasteiger partial charge in [0.1, 0.15) is 5.82 Å². The monoisotopic (exact) mass is 282 g/mol. The molecule has 1 saturated carbocycles. The summed E-state index contributed by atoms with van der Waals surface area (Å²) in [6, 6.07) is 5.03. The molecule has 0 bridgehead atoms. The number of amidine groups is 1. The number of halogens is 1. The lowest BCUT2D eigenvalue weighted by molar-refractivity contribution is 0.318. The summed E-state index contributed by atoms with van der Waals surface area (Å²) in [5.74, 6) is 0.0893. The molecule has 1 aliphatic carbocycles. The number of oxime groups is 1. The Bertz CT molecular complexity index is 459. The molecule has 2 rings (SSSR count). The molecule has 5 heteroatoms. The summed E-state index contributed by atoms with van der Waals surface area (Å²) in [6.07, 6.45) is 6.34. The molecule has 0 aliphatic heterocycles. The van der Waals surface area contributed by atoms with Crippen LogP contribution in [0.15, 0.2) is 23.4 Å². The molecule has 19 heavy (non-hydrogen) atoms. The van der Waals surface area contributed by atoms with Crippen LogP contribution in [0.2, 0.25) is 0 Å². The second-order valence-corrected chi connectivity index (χ2v) is 6.12. The normalized spacial score (nSPS) is 17.6. The average Bonchev–Trinajstić information content (AvgIpc) is 2.46. The van der Waals surface area contributed by atoms with E-state index in [2.05, 4.69) is 5.16 Å². The number of nitrogens with zero attached hydrogens (tertiary/aromatic N) is 1. The maximum absolute atomic E-state index is 14.2. The van der Waals surface area contributed by atoms with Crippen molar-refractivity contribution in [1.82, 2.24) is 0 Å². The fraction of sp³-hybridized carbons (Fsp3) is 0.500. The van der Waals surface area contributed by atoms with Gasteiger partial charge in [-0.05, 0) is 24.5 Å². The third-order valence-corrected chi connectivity index (χ3v) is 4.91. The Morgan fingerprint density at radius 3 is 2.79 bits per heavy atom. The molecule has 3 N–H and O–H groups in total. The molecule has 0 radical (unpaired) electrons. The van der Waals surface area contributed by atoms with Crippen molar-refractivity contribution < 1.29 is 9.60 Å². The number of nitrogens with two attached hydrogens (primary N) is 1. The number of thioether (sulfide) groups is 1. The Morgan fingerprint density at radius 1 is 1.37 bits per heavy atom. The Hall–Kier alpha value is -1.23. The number of rotatable bonds is 4. The van der Waals surface area contributed by atoms with Gasteiger partial charge < -0.3 is 10.9 Å². The smallest absolute Gasteiger partial charge is 0.173 e. The van der Waals surface area contributed by atoms with Gasteiger partial charge in [0, 0.05) is 11.0 Å². The lowest BCUT2D eigenvalue weighted by Gasteiger charge is -2.21. The van der Waals surface area contributed by atoms with Crippen LogP contribution in [0.5, 0.6) is 0 Å². The standard InChI is InChI=1S/C14H19FN2OS/c15-13-10(5-4-8-12(13)14(16)17-18)9-19-11-6-2-1-3-7-11/h4-5,8,11,18H,1-3,6-7,9H2,(H2,16,17). The summed E-state index contributed by atoms with van der Waals surface area (Å²) >= 11 is 1.81. The van der Waals surface area contributed by atoms with Crippen molar-refractivity contribution in [1.29, 1.82) is 0 Å². The molecule has 0 heterocycles. The van der Waals surface area contributed by atoms with Crippen LogP contribution in [0.1, 0.15) is 43.2 Å². The van der Waals surface area contributed by atoms with E-state index in [-0.39, 0.29) is 17.2 Å². The van der Waals surface area contributed by atoms with E-state index in [0.717, 1.165) is 0 Å². The van der Waals surface area contributed by atoms with Crippen molar-refractivity contribution in [2.75, 3.05) is 0 Å². The summed E-state index contributed by atoms with van der Waals surface area (Å²) in [4.78, 5) is 0. The van der Waals surface area contributed by atoms with Gasteiger partial charge in [-0.25, -0.2) is 4.39 Å². The minimum Gasteiger partial charge on any atom is -0.409 e. The van der Waals surface area contributed by atoms with E-state index in [1.54, 1.807) is 12.1 Å². The van der Waals surface area contributed by atoms with E-state index in [9.17, 15) is 4.39 Å². The lowest BCUT2D eigenvalue weighted by atomic mass is 10.0. The van der Waals surface area contributed by atoms with E-state index in [1.165, 1.54) is 38.2 Å². The number of hydrogen-bond donors (Lipinski definition) is 2. The zero-order valence-electron chi connectivity index (χ0n) is 10.8. The van der Waals surface area contributed by atoms with Crippen LogP contribution in [0.4, 0.5) is 4.39 Å². The maximum Gasteiger partial charge on any atom is 0.173 e. The third-order valence-electron chi connectivity index (χ3n) is 3.49. The van der Waals surface area contributed by atoms with E-state index < -0.39 is 0 Å². The molecular formula is C14H19FN2OS. The fourth-order valence-corrected chi connectivity index (χ4v) is 3.69. The SMILES string of the molecule is N/C(=N/O)c1cccc(CSC2CCCCC2)c1F. The van der Waals surface area contributed by atoms with E-state index in [4.69, 9.17) is 10.9 Å². The van der Waals surface area contributed by atoms with Crippen LogP contribution in [0, 0.1) is 5.82 Å². The first-order valence-corrected chi connectivity index (χ1v) is 7.64. The zero-order valence-corrected chi connectivity index (χ0v) is 11.6. The molecule has 0 spiro atoms. The lowest BCUT2D eigenvalue weighted by Crippen LogP contribution is -2.16. The second-order valence-electron chi connectivity index (χ2n) is 4.83. The first kappa shape index (κ1) is 14.2. The van der Waals surface area contributed by atoms with Crippen LogP contribution < -0.4 is 5.73 Å². The fourth-order valence-electron chi connectivity index (χ4n) is 2.38. The van der Waals surface area contributed by atoms with Gasteiger partial charge in [-0.3, -0.25) is 0 Å². The Labute approximate surface area is 117 Å². The van der Waals surface area contributed by atoms with Gasteiger partial charge in [0.25, 0.3) is 0 Å². The summed E-state index contributed by atoms with van der Waals surface area (Å²) in [5, 5.41) is 12.1. The molecule has 1 aromatic carbocycles. The predicted octanol–water partition coefficient (Wildman–Crippen LogP) is 3.49. The molecule has 104 valence electrons. The Morgan fingerprint density at radius 2 is 2.11 bits per heavy atom. The molecule has 3 nitrogen and oxygen atoms in total. The van der Waals surface area contributed by atoms with Crippen molar-refractivity contribution in [2.24, 2.45) is 10.9 Å². The highest BCUT2D eigenvalue weighted by Gasteiger charge is 2.16. The minimum absolute atomic E-state index is 0.171. The zero-order chi connectivity index (χ0) is 13.7. The second kappa shape index (κ2) is 6.80. The molecule has 0 saturated heterocycles. The summed E-state index contributed by atoms with van der Waals surface area (Å²) in [7, 11) is 0. The topological polar surface area (TPSA) is 58.6 Å². The number of benzene rings is 1. The van der Waals surface area contributed by atoms with Crippen LogP contribution in [-0.4, -0.2) is 16.3 Å². The summed E-state index contributed by atoms with van der Waals surface area (Å²) < 4.78 is 14.2. The largest absolute Gasteiger partial charge is 0.409 e. The first-order valence-electron chi connectivity index (χ1n) is 6.59. The van der Waals surface area contributed by atoms with Gasteiger partial charge in [0.2, 0.25) is 0 Å². The van der Waals surface area contributed by atoms with Crippen LogP contribution >= 0.6 is 11.8 Å². The average molecular weight is 282 g/mol. The highest BCUT2D eigenvalue weighted by atomic mass is 32.2. The predicted molar refractivity (Wildman–Crippen MR) is 77.1 cm³/mol. The Balaban J connectivity index is 2.04. The maximum atomic E-state index is 14.2. The highest BCUT2D eigenvalue weighted by Crippen LogP contribution is 2.31. The minimum atomic E-state index is -0.374. The molecule has 0 unspecified atom stereocenters. The summed E-state index contributed by atoms with van der Waals surface area (Å²) in [5.41, 5.74) is 6.25.